The Kier molecular flexibility index (Phi) is 7.80. The number of halogens is 4. The van der Waals surface area contributed by atoms with Gasteiger partial charge in [-0.1, -0.05) is 48.5 Å². The fraction of sp³-hybridized carbons (Fsp3) is 0.462. The second-order valence-electron chi connectivity index (χ2n) is 10.1. The van der Waals surface area contributed by atoms with Crippen LogP contribution in [0.4, 0.5) is 17.6 Å². The first-order chi connectivity index (χ1) is 16.6. The zero-order chi connectivity index (χ0) is 26.9. The van der Waals surface area contributed by atoms with Crippen molar-refractivity contribution in [1.29, 1.82) is 0 Å². The quantitative estimate of drug-likeness (QED) is 0.272. The molecule has 36 heavy (non-hydrogen) atoms. The van der Waals surface area contributed by atoms with Crippen LogP contribution in [0.25, 0.3) is 11.1 Å². The van der Waals surface area contributed by atoms with Gasteiger partial charge in [0.2, 0.25) is 5.91 Å². The van der Waals surface area contributed by atoms with E-state index >= 15 is 0 Å². The van der Waals surface area contributed by atoms with E-state index in [2.05, 4.69) is 10.6 Å². The summed E-state index contributed by atoms with van der Waals surface area (Å²) in [5.74, 6) is -2.42. The van der Waals surface area contributed by atoms with E-state index < -0.39 is 53.8 Å². The summed E-state index contributed by atoms with van der Waals surface area (Å²) in [7, 11) is 0. The summed E-state index contributed by atoms with van der Waals surface area (Å²) in [5, 5.41) is 14.0. The van der Waals surface area contributed by atoms with Gasteiger partial charge in [-0.2, -0.15) is 13.2 Å². The van der Waals surface area contributed by atoms with Gasteiger partial charge in [0.05, 0.1) is 17.6 Å². The molecule has 3 rings (SSSR count). The number of benzene rings is 2. The van der Waals surface area contributed by atoms with Crippen LogP contribution in [0.15, 0.2) is 48.5 Å². The largest absolute Gasteiger partial charge is 0.481 e. The molecular weight excluding hydrogens is 478 g/mol. The Balaban J connectivity index is 1.83. The first kappa shape index (κ1) is 27.6. The summed E-state index contributed by atoms with van der Waals surface area (Å²) in [6.07, 6.45) is -4.22. The molecular formula is C26H31F4N3O3. The number of carbonyl (C=O) groups excluding carboxylic acids is 1. The Bertz CT molecular complexity index is 1080. The van der Waals surface area contributed by atoms with Crippen LogP contribution in [0.3, 0.4) is 0 Å². The summed E-state index contributed by atoms with van der Waals surface area (Å²) < 4.78 is 56.6. The van der Waals surface area contributed by atoms with E-state index in [4.69, 9.17) is 10.8 Å². The number of nitrogens with two attached hydrogens (primary N) is 1. The van der Waals surface area contributed by atoms with Gasteiger partial charge in [-0.25, -0.2) is 4.39 Å². The molecule has 196 valence electrons. The van der Waals surface area contributed by atoms with E-state index in [9.17, 15) is 27.2 Å². The Labute approximate surface area is 207 Å². The lowest BCUT2D eigenvalue weighted by Crippen LogP contribution is -2.55. The summed E-state index contributed by atoms with van der Waals surface area (Å²) in [6, 6.07) is 8.68. The molecule has 0 heterocycles. The molecule has 1 amide bonds. The lowest BCUT2D eigenvalue weighted by Gasteiger charge is -2.30. The van der Waals surface area contributed by atoms with Crippen LogP contribution in [-0.4, -0.2) is 40.5 Å². The van der Waals surface area contributed by atoms with E-state index in [-0.39, 0.29) is 5.56 Å². The molecule has 1 fully saturated rings. The third-order valence-electron chi connectivity index (χ3n) is 6.22. The normalized spacial score (nSPS) is 17.7. The topological polar surface area (TPSA) is 104 Å². The zero-order valence-corrected chi connectivity index (χ0v) is 20.3. The first-order valence-corrected chi connectivity index (χ1v) is 11.6. The highest BCUT2D eigenvalue weighted by molar-refractivity contribution is 5.83. The maximum absolute atomic E-state index is 14.4. The molecule has 0 unspecified atom stereocenters. The number of hydrogen-bond acceptors (Lipinski definition) is 4. The highest BCUT2D eigenvalue weighted by Gasteiger charge is 2.46. The SMILES string of the molecule is C[C@H](C(=O)O)c1ccc(-c2ccc([C@H](N[C@@H](CC(C)(C)F)C(=O)NC3(N)CC3)C(F)(F)F)cc2)cc1. The molecule has 6 nitrogen and oxygen atoms in total. The Morgan fingerprint density at radius 3 is 1.83 bits per heavy atom. The number of alkyl halides is 4. The van der Waals surface area contributed by atoms with E-state index in [0.29, 0.717) is 29.5 Å². The maximum Gasteiger partial charge on any atom is 0.407 e. The van der Waals surface area contributed by atoms with Crippen molar-refractivity contribution in [2.45, 2.75) is 75.5 Å². The van der Waals surface area contributed by atoms with Gasteiger partial charge in [0, 0.05) is 6.42 Å². The molecule has 0 spiro atoms. The summed E-state index contributed by atoms with van der Waals surface area (Å²) >= 11 is 0. The molecule has 0 saturated heterocycles. The standard InChI is InChI=1S/C26H31F4N3O3/c1-15(23(35)36)16-4-6-17(7-5-16)18-8-10-19(11-9-18)21(26(28,29)30)32-20(14-24(2,3)27)22(34)33-25(31)12-13-25/h4-11,15,20-21,32H,12-14,31H2,1-3H3,(H,33,34)(H,35,36)/t15-,20-,21-/m0/s1. The minimum atomic E-state index is -4.75. The predicted molar refractivity (Wildman–Crippen MR) is 128 cm³/mol. The lowest BCUT2D eigenvalue weighted by molar-refractivity contribution is -0.161. The first-order valence-electron chi connectivity index (χ1n) is 11.6. The van der Waals surface area contributed by atoms with Crippen molar-refractivity contribution in [1.82, 2.24) is 10.6 Å². The van der Waals surface area contributed by atoms with Gasteiger partial charge < -0.3 is 16.2 Å². The molecule has 1 aliphatic rings. The van der Waals surface area contributed by atoms with Gasteiger partial charge in [-0.05, 0) is 55.9 Å². The van der Waals surface area contributed by atoms with Crippen LogP contribution in [0, 0.1) is 0 Å². The maximum atomic E-state index is 14.4. The van der Waals surface area contributed by atoms with E-state index in [1.54, 1.807) is 31.2 Å². The molecule has 0 aromatic heterocycles. The Morgan fingerprint density at radius 1 is 0.972 bits per heavy atom. The number of carbonyl (C=O) groups is 2. The van der Waals surface area contributed by atoms with Crippen LogP contribution in [0.2, 0.25) is 0 Å². The van der Waals surface area contributed by atoms with Crippen molar-refractivity contribution in [2.24, 2.45) is 5.73 Å². The third-order valence-corrected chi connectivity index (χ3v) is 6.22. The smallest absolute Gasteiger partial charge is 0.407 e. The Morgan fingerprint density at radius 2 is 1.44 bits per heavy atom. The van der Waals surface area contributed by atoms with Crippen molar-refractivity contribution in [3.63, 3.8) is 0 Å². The van der Waals surface area contributed by atoms with Gasteiger partial charge >= 0.3 is 12.1 Å². The highest BCUT2D eigenvalue weighted by atomic mass is 19.4. The molecule has 1 aliphatic carbocycles. The van der Waals surface area contributed by atoms with Crippen molar-refractivity contribution >= 4 is 11.9 Å². The van der Waals surface area contributed by atoms with Crippen molar-refractivity contribution in [3.05, 3.63) is 59.7 Å². The molecule has 0 radical (unpaired) electrons. The fourth-order valence-corrected chi connectivity index (χ4v) is 3.86. The number of carboxylic acids is 1. The van der Waals surface area contributed by atoms with Gasteiger partial charge in [0.15, 0.2) is 0 Å². The van der Waals surface area contributed by atoms with Gasteiger partial charge in [-0.15, -0.1) is 0 Å². The lowest BCUT2D eigenvalue weighted by atomic mass is 9.95. The molecule has 10 heteroatoms. The van der Waals surface area contributed by atoms with Crippen LogP contribution in [0.1, 0.15) is 63.1 Å². The average Bonchev–Trinajstić information content (AvgIpc) is 3.51. The average molecular weight is 510 g/mol. The molecule has 0 aliphatic heterocycles. The highest BCUT2D eigenvalue weighted by Crippen LogP contribution is 2.36. The molecule has 2 aromatic carbocycles. The van der Waals surface area contributed by atoms with Crippen LogP contribution >= 0.6 is 0 Å². The van der Waals surface area contributed by atoms with E-state index in [0.717, 1.165) is 0 Å². The Hall–Kier alpha value is -2.98. The second-order valence-corrected chi connectivity index (χ2v) is 10.1. The minimum absolute atomic E-state index is 0.134. The van der Waals surface area contributed by atoms with E-state index in [1.165, 1.54) is 38.1 Å². The number of rotatable bonds is 10. The molecule has 1 saturated carbocycles. The predicted octanol–water partition coefficient (Wildman–Crippen LogP) is 4.81. The van der Waals surface area contributed by atoms with Crippen LogP contribution < -0.4 is 16.4 Å². The molecule has 3 atom stereocenters. The van der Waals surface area contributed by atoms with Gasteiger partial charge in [0.25, 0.3) is 0 Å². The summed E-state index contributed by atoms with van der Waals surface area (Å²) in [6.45, 7) is 3.96. The van der Waals surface area contributed by atoms with Crippen molar-refractivity contribution in [3.8, 4) is 11.1 Å². The van der Waals surface area contributed by atoms with E-state index in [1.807, 2.05) is 0 Å². The number of nitrogens with one attached hydrogen (secondary N) is 2. The number of carboxylic acid groups (broad SMARTS) is 1. The molecule has 0 bridgehead atoms. The summed E-state index contributed by atoms with van der Waals surface area (Å²) in [4.78, 5) is 23.9. The van der Waals surface area contributed by atoms with Crippen molar-refractivity contribution < 1.29 is 32.3 Å². The van der Waals surface area contributed by atoms with Crippen molar-refractivity contribution in [2.75, 3.05) is 0 Å². The minimum Gasteiger partial charge on any atom is -0.481 e. The molecule has 2 aromatic rings. The van der Waals surface area contributed by atoms with Gasteiger partial charge in [0.1, 0.15) is 11.7 Å². The zero-order valence-electron chi connectivity index (χ0n) is 20.3. The van der Waals surface area contributed by atoms with Gasteiger partial charge in [-0.3, -0.25) is 14.9 Å². The second kappa shape index (κ2) is 10.2. The monoisotopic (exact) mass is 509 g/mol. The van der Waals surface area contributed by atoms with Crippen LogP contribution in [-0.2, 0) is 9.59 Å². The molecule has 5 N–H and O–H groups in total. The number of aliphatic carboxylic acids is 1. The summed E-state index contributed by atoms with van der Waals surface area (Å²) in [5.41, 5.74) is 4.84. The number of hydrogen-bond donors (Lipinski definition) is 4. The van der Waals surface area contributed by atoms with Crippen LogP contribution in [0.5, 0.6) is 0 Å². The fourth-order valence-electron chi connectivity index (χ4n) is 3.86. The number of amides is 1. The third kappa shape index (κ3) is 7.27.